The van der Waals surface area contributed by atoms with E-state index in [1.807, 2.05) is 19.1 Å². The topological polar surface area (TPSA) is 121 Å². The monoisotopic (exact) mass is 337 g/mol. The summed E-state index contributed by atoms with van der Waals surface area (Å²) in [7, 11) is -4.65. The zero-order valence-corrected chi connectivity index (χ0v) is 12.9. The lowest BCUT2D eigenvalue weighted by atomic mass is 10.2. The van der Waals surface area contributed by atoms with Crippen molar-refractivity contribution in [1.82, 2.24) is 5.43 Å². The van der Waals surface area contributed by atoms with Gasteiger partial charge in [0.25, 0.3) is 5.91 Å². The van der Waals surface area contributed by atoms with Gasteiger partial charge in [-0.1, -0.05) is 18.2 Å². The Labute approximate surface area is 132 Å². The Hall–Kier alpha value is -2.65. The molecule has 0 unspecified atom stereocenters. The highest BCUT2D eigenvalue weighted by Gasteiger charge is 2.07. The number of amides is 1. The molecule has 0 aliphatic heterocycles. The molecule has 0 spiro atoms. The van der Waals surface area contributed by atoms with E-state index in [1.54, 1.807) is 12.1 Å². The summed E-state index contributed by atoms with van der Waals surface area (Å²) in [5, 5.41) is 2.86. The average molecular weight is 337 g/mol. The van der Waals surface area contributed by atoms with E-state index in [0.29, 0.717) is 5.75 Å². The number of nitrogens with zero attached hydrogens (tertiary/aromatic N) is 1. The Kier molecular flexibility index (Phi) is 5.14. The minimum absolute atomic E-state index is 0.0135. The first-order valence-electron chi connectivity index (χ1n) is 6.42. The molecule has 0 saturated carbocycles. The van der Waals surface area contributed by atoms with Gasteiger partial charge in [-0.3, -0.25) is 4.79 Å². The van der Waals surface area contributed by atoms with Crippen LogP contribution in [0.2, 0.25) is 0 Å². The number of rotatable bonds is 6. The predicted octanol–water partition coefficient (Wildman–Crippen LogP) is 1.02. The number of ether oxygens (including phenoxy) is 1. The van der Waals surface area contributed by atoms with E-state index >= 15 is 0 Å². The van der Waals surface area contributed by atoms with Crippen molar-refractivity contribution < 1.29 is 26.9 Å². The molecule has 2 rings (SSSR count). The van der Waals surface area contributed by atoms with Crippen LogP contribution in [-0.4, -0.2) is 31.7 Å². The fraction of sp³-hybridized carbons (Fsp3) is 0.143. The molecule has 1 amide bonds. The number of nitrogens with one attached hydrogen (secondary N) is 1. The van der Waals surface area contributed by atoms with Crippen molar-refractivity contribution in [3.8, 4) is 5.75 Å². The number of furan rings is 1. The molecule has 0 aliphatic rings. The number of carbonyl (C=O) groups is 1. The molecule has 0 atom stereocenters. The van der Waals surface area contributed by atoms with Gasteiger partial charge in [0.05, 0.1) is 6.21 Å². The third kappa shape index (κ3) is 4.94. The van der Waals surface area contributed by atoms with Crippen LogP contribution < -0.4 is 10.2 Å². The molecule has 0 aliphatic carbocycles. The van der Waals surface area contributed by atoms with Gasteiger partial charge in [0.1, 0.15) is 11.5 Å². The minimum atomic E-state index is -4.65. The van der Waals surface area contributed by atoms with Gasteiger partial charge < -0.3 is 13.7 Å². The Morgan fingerprint density at radius 3 is 2.74 bits per heavy atom. The van der Waals surface area contributed by atoms with E-state index in [2.05, 4.69) is 10.5 Å². The van der Waals surface area contributed by atoms with Crippen LogP contribution in [0.3, 0.4) is 0 Å². The van der Waals surface area contributed by atoms with Crippen molar-refractivity contribution >= 4 is 22.2 Å². The molecule has 122 valence electrons. The summed E-state index contributed by atoms with van der Waals surface area (Å²) in [4.78, 5) is 11.6. The molecule has 0 radical (unpaired) electrons. The van der Waals surface area contributed by atoms with E-state index in [0.717, 1.165) is 17.8 Å². The van der Waals surface area contributed by atoms with Crippen LogP contribution in [0.15, 0.2) is 51.0 Å². The van der Waals surface area contributed by atoms with Crippen LogP contribution >= 0.6 is 0 Å². The van der Waals surface area contributed by atoms with Gasteiger partial charge in [0.2, 0.25) is 5.09 Å². The highest BCUT2D eigenvalue weighted by Crippen LogP contribution is 2.15. The summed E-state index contributed by atoms with van der Waals surface area (Å²) in [6.45, 7) is 1.62. The maximum absolute atomic E-state index is 11.6. The molecular weight excluding hydrogens is 324 g/mol. The predicted molar refractivity (Wildman–Crippen MR) is 79.1 cm³/mol. The van der Waals surface area contributed by atoms with Crippen LogP contribution in [0.4, 0.5) is 0 Å². The van der Waals surface area contributed by atoms with Crippen molar-refractivity contribution in [2.24, 2.45) is 5.10 Å². The van der Waals surface area contributed by atoms with Crippen LogP contribution in [0.25, 0.3) is 0 Å². The summed E-state index contributed by atoms with van der Waals surface area (Å²) in [6.07, 6.45) is 1.07. The van der Waals surface area contributed by atoms with Gasteiger partial charge in [0, 0.05) is 0 Å². The van der Waals surface area contributed by atoms with Gasteiger partial charge in [-0.25, -0.2) is 13.8 Å². The Balaban J connectivity index is 1.84. The average Bonchev–Trinajstić information content (AvgIpc) is 2.95. The fourth-order valence-corrected chi connectivity index (χ4v) is 2.03. The molecule has 23 heavy (non-hydrogen) atoms. The van der Waals surface area contributed by atoms with E-state index in [-0.39, 0.29) is 12.4 Å². The molecular formula is C14H13N2O6S-. The second-order valence-corrected chi connectivity index (χ2v) is 5.77. The smallest absolute Gasteiger partial charge is 0.277 e. The first kappa shape index (κ1) is 16.7. The molecule has 1 aromatic carbocycles. The zero-order chi connectivity index (χ0) is 16.9. The lowest BCUT2D eigenvalue weighted by Gasteiger charge is -2.07. The molecule has 1 N–H and O–H groups in total. The lowest BCUT2D eigenvalue weighted by Crippen LogP contribution is -2.24. The fourth-order valence-electron chi connectivity index (χ4n) is 1.60. The van der Waals surface area contributed by atoms with E-state index in [9.17, 15) is 17.8 Å². The normalized spacial score (nSPS) is 11.6. The number of aryl methyl sites for hydroxylation is 1. The molecule has 1 heterocycles. The van der Waals surface area contributed by atoms with Crippen LogP contribution in [-0.2, 0) is 14.9 Å². The summed E-state index contributed by atoms with van der Waals surface area (Å²) >= 11 is 0. The van der Waals surface area contributed by atoms with E-state index in [4.69, 9.17) is 9.15 Å². The number of para-hydroxylation sites is 1. The van der Waals surface area contributed by atoms with Crippen molar-refractivity contribution in [2.45, 2.75) is 12.0 Å². The Morgan fingerprint density at radius 2 is 2.09 bits per heavy atom. The number of hydrogen-bond donors (Lipinski definition) is 1. The third-order valence-electron chi connectivity index (χ3n) is 2.68. The number of benzene rings is 1. The largest absolute Gasteiger partial charge is 0.742 e. The molecule has 0 saturated heterocycles. The molecule has 2 aromatic rings. The molecule has 9 heteroatoms. The first-order chi connectivity index (χ1) is 10.9. The lowest BCUT2D eigenvalue weighted by molar-refractivity contribution is -0.123. The number of hydrazone groups is 1. The van der Waals surface area contributed by atoms with E-state index < -0.39 is 21.1 Å². The van der Waals surface area contributed by atoms with Gasteiger partial charge in [-0.05, 0) is 30.7 Å². The highest BCUT2D eigenvalue weighted by atomic mass is 32.2. The third-order valence-corrected chi connectivity index (χ3v) is 3.39. The van der Waals surface area contributed by atoms with Gasteiger partial charge in [-0.15, -0.1) is 0 Å². The standard InChI is InChI=1S/C14H14N2O6S/c1-10-4-2-3-5-12(10)21-9-13(17)16-15-8-11-6-7-14(22-11)23(18,19)20/h2-8H,9H2,1H3,(H,16,17)(H,18,19,20)/p-1/b15-8-. The van der Waals surface area contributed by atoms with Crippen LogP contribution in [0.5, 0.6) is 5.75 Å². The number of carbonyl (C=O) groups excluding carboxylic acids is 1. The van der Waals surface area contributed by atoms with Crippen LogP contribution in [0.1, 0.15) is 11.3 Å². The van der Waals surface area contributed by atoms with Crippen molar-refractivity contribution in [3.05, 3.63) is 47.7 Å². The number of hydrogen-bond acceptors (Lipinski definition) is 7. The second kappa shape index (κ2) is 7.07. The molecule has 8 nitrogen and oxygen atoms in total. The van der Waals surface area contributed by atoms with Crippen LogP contribution in [0, 0.1) is 6.92 Å². The maximum atomic E-state index is 11.6. The summed E-state index contributed by atoms with van der Waals surface area (Å²) < 4.78 is 42.1. The Bertz CT molecular complexity index is 825. The zero-order valence-electron chi connectivity index (χ0n) is 12.1. The minimum Gasteiger partial charge on any atom is -0.742 e. The second-order valence-electron chi connectivity index (χ2n) is 4.46. The highest BCUT2D eigenvalue weighted by molar-refractivity contribution is 7.85. The summed E-state index contributed by atoms with van der Waals surface area (Å²) in [5.41, 5.74) is 3.08. The summed E-state index contributed by atoms with van der Waals surface area (Å²) in [5.74, 6) is 0.0928. The van der Waals surface area contributed by atoms with Crippen molar-refractivity contribution in [1.29, 1.82) is 0 Å². The van der Waals surface area contributed by atoms with Gasteiger partial charge in [0.15, 0.2) is 16.7 Å². The van der Waals surface area contributed by atoms with Crippen molar-refractivity contribution in [2.75, 3.05) is 6.61 Å². The van der Waals surface area contributed by atoms with Crippen molar-refractivity contribution in [3.63, 3.8) is 0 Å². The van der Waals surface area contributed by atoms with Gasteiger partial charge in [-0.2, -0.15) is 5.10 Å². The maximum Gasteiger partial charge on any atom is 0.277 e. The first-order valence-corrected chi connectivity index (χ1v) is 7.83. The van der Waals surface area contributed by atoms with Gasteiger partial charge >= 0.3 is 0 Å². The molecule has 0 fully saturated rings. The summed E-state index contributed by atoms with van der Waals surface area (Å²) in [6, 6.07) is 9.48. The Morgan fingerprint density at radius 1 is 1.35 bits per heavy atom. The van der Waals surface area contributed by atoms with E-state index in [1.165, 1.54) is 6.07 Å². The molecule has 0 bridgehead atoms. The quantitative estimate of drug-likeness (QED) is 0.477. The SMILES string of the molecule is Cc1ccccc1OCC(=O)N/N=C\c1ccc(S(=O)(=O)[O-])o1. The molecule has 1 aromatic heterocycles.